The lowest BCUT2D eigenvalue weighted by molar-refractivity contribution is 0.275. The van der Waals surface area contributed by atoms with Crippen molar-refractivity contribution in [1.29, 1.82) is 0 Å². The van der Waals surface area contributed by atoms with Crippen molar-refractivity contribution in [1.82, 2.24) is 0 Å². The first-order valence-corrected chi connectivity index (χ1v) is 6.56. The Hall–Kier alpha value is -1.02. The van der Waals surface area contributed by atoms with Gasteiger partial charge in [0.1, 0.15) is 5.75 Å². The number of hydrogen-bond donors (Lipinski definition) is 1. The van der Waals surface area contributed by atoms with Gasteiger partial charge >= 0.3 is 0 Å². The van der Waals surface area contributed by atoms with Crippen LogP contribution in [0, 0.1) is 5.41 Å². The fourth-order valence-corrected chi connectivity index (χ4v) is 2.26. The Balaban J connectivity index is 3.02. The third-order valence-corrected chi connectivity index (χ3v) is 3.23. The first kappa shape index (κ1) is 15.0. The molecule has 18 heavy (non-hydrogen) atoms. The summed E-state index contributed by atoms with van der Waals surface area (Å²) < 4.78 is 5.20. The molecule has 0 fully saturated rings. The first-order chi connectivity index (χ1) is 8.13. The molecule has 0 aliphatic rings. The van der Waals surface area contributed by atoms with Crippen molar-refractivity contribution >= 4 is 0 Å². The Bertz CT molecular complexity index is 368. The van der Waals surface area contributed by atoms with Gasteiger partial charge in [-0.25, -0.2) is 0 Å². The fraction of sp³-hybridized carbons (Fsp3) is 0.625. The zero-order chi connectivity index (χ0) is 14.0. The maximum atomic E-state index is 6.36. The summed E-state index contributed by atoms with van der Waals surface area (Å²) in [7, 11) is 1.69. The molecule has 102 valence electrons. The van der Waals surface area contributed by atoms with Crippen molar-refractivity contribution in [3.8, 4) is 5.75 Å². The van der Waals surface area contributed by atoms with Gasteiger partial charge in [0.15, 0.2) is 0 Å². The van der Waals surface area contributed by atoms with E-state index in [0.717, 1.165) is 12.2 Å². The first-order valence-electron chi connectivity index (χ1n) is 6.56. The molecule has 1 aromatic carbocycles. The van der Waals surface area contributed by atoms with Gasteiger partial charge in [-0.1, -0.05) is 32.9 Å². The van der Waals surface area contributed by atoms with Crippen LogP contribution in [0.5, 0.6) is 5.75 Å². The van der Waals surface area contributed by atoms with Crippen molar-refractivity contribution in [3.05, 3.63) is 29.8 Å². The highest BCUT2D eigenvalue weighted by molar-refractivity contribution is 5.31. The fourth-order valence-electron chi connectivity index (χ4n) is 2.26. The number of benzene rings is 1. The van der Waals surface area contributed by atoms with Crippen LogP contribution in [0.15, 0.2) is 24.3 Å². The van der Waals surface area contributed by atoms with Gasteiger partial charge in [0.2, 0.25) is 0 Å². The van der Waals surface area contributed by atoms with Crippen molar-refractivity contribution in [2.24, 2.45) is 11.1 Å². The van der Waals surface area contributed by atoms with Crippen LogP contribution in [0.2, 0.25) is 0 Å². The summed E-state index contributed by atoms with van der Waals surface area (Å²) in [5.74, 6) is 1.24. The van der Waals surface area contributed by atoms with Crippen LogP contribution in [0.3, 0.4) is 0 Å². The maximum Gasteiger partial charge on any atom is 0.118 e. The van der Waals surface area contributed by atoms with Gasteiger partial charge < -0.3 is 10.5 Å². The Morgan fingerprint density at radius 1 is 1.06 bits per heavy atom. The standard InChI is InChI=1S/C16H27NO/c1-15(2,3)11-14(16(4,5)17)12-7-9-13(18-6)10-8-12/h7-10,14H,11,17H2,1-6H3. The minimum atomic E-state index is -0.220. The lowest BCUT2D eigenvalue weighted by Gasteiger charge is -2.36. The van der Waals surface area contributed by atoms with E-state index in [-0.39, 0.29) is 11.0 Å². The van der Waals surface area contributed by atoms with E-state index in [1.165, 1.54) is 5.56 Å². The zero-order valence-corrected chi connectivity index (χ0v) is 12.6. The van der Waals surface area contributed by atoms with E-state index in [1.807, 2.05) is 12.1 Å². The van der Waals surface area contributed by atoms with E-state index in [1.54, 1.807) is 7.11 Å². The highest BCUT2D eigenvalue weighted by Crippen LogP contribution is 2.37. The molecule has 1 unspecified atom stereocenters. The number of nitrogens with two attached hydrogens (primary N) is 1. The Morgan fingerprint density at radius 2 is 1.56 bits per heavy atom. The van der Waals surface area contributed by atoms with Crippen molar-refractivity contribution in [3.63, 3.8) is 0 Å². The Kier molecular flexibility index (Phi) is 4.44. The Morgan fingerprint density at radius 3 is 1.89 bits per heavy atom. The minimum Gasteiger partial charge on any atom is -0.497 e. The molecule has 1 aromatic rings. The molecule has 0 radical (unpaired) electrons. The number of methoxy groups -OCH3 is 1. The van der Waals surface area contributed by atoms with E-state index in [0.29, 0.717) is 5.92 Å². The zero-order valence-electron chi connectivity index (χ0n) is 12.6. The van der Waals surface area contributed by atoms with Crippen LogP contribution in [-0.2, 0) is 0 Å². The van der Waals surface area contributed by atoms with Crippen LogP contribution >= 0.6 is 0 Å². The molecule has 1 atom stereocenters. The second kappa shape index (κ2) is 5.31. The summed E-state index contributed by atoms with van der Waals surface area (Å²) in [5.41, 5.74) is 7.69. The molecule has 2 N–H and O–H groups in total. The predicted octanol–water partition coefficient (Wildman–Crippen LogP) is 3.95. The van der Waals surface area contributed by atoms with Gasteiger partial charge in [-0.2, -0.15) is 0 Å². The molecule has 1 rings (SSSR count). The van der Waals surface area contributed by atoms with Gasteiger partial charge in [-0.15, -0.1) is 0 Å². The number of hydrogen-bond acceptors (Lipinski definition) is 2. The average Bonchev–Trinajstić information content (AvgIpc) is 2.24. The van der Waals surface area contributed by atoms with Crippen LogP contribution in [0.25, 0.3) is 0 Å². The SMILES string of the molecule is COc1ccc(C(CC(C)(C)C)C(C)(C)N)cc1. The topological polar surface area (TPSA) is 35.2 Å². The van der Waals surface area contributed by atoms with E-state index in [2.05, 4.69) is 46.8 Å². The maximum absolute atomic E-state index is 6.36. The monoisotopic (exact) mass is 249 g/mol. The lowest BCUT2D eigenvalue weighted by atomic mass is 9.73. The molecular formula is C16H27NO. The van der Waals surface area contributed by atoms with Gasteiger partial charge in [0, 0.05) is 11.5 Å². The third kappa shape index (κ3) is 4.34. The summed E-state index contributed by atoms with van der Waals surface area (Å²) in [6.45, 7) is 11.0. The summed E-state index contributed by atoms with van der Waals surface area (Å²) in [4.78, 5) is 0. The van der Waals surface area contributed by atoms with E-state index >= 15 is 0 Å². The van der Waals surface area contributed by atoms with Crippen molar-refractivity contribution < 1.29 is 4.74 Å². The Labute approximate surface area is 112 Å². The van der Waals surface area contributed by atoms with E-state index in [4.69, 9.17) is 10.5 Å². The molecule has 0 aliphatic carbocycles. The normalized spacial score (nSPS) is 14.4. The second-order valence-corrected chi connectivity index (χ2v) is 6.91. The highest BCUT2D eigenvalue weighted by Gasteiger charge is 2.30. The molecule has 0 aromatic heterocycles. The molecule has 0 saturated carbocycles. The molecule has 0 amide bonds. The quantitative estimate of drug-likeness (QED) is 0.877. The average molecular weight is 249 g/mol. The number of ether oxygens (including phenoxy) is 1. The van der Waals surface area contributed by atoms with Crippen molar-refractivity contribution in [2.75, 3.05) is 7.11 Å². The molecule has 0 aliphatic heterocycles. The molecule has 0 heterocycles. The molecular weight excluding hydrogens is 222 g/mol. The second-order valence-electron chi connectivity index (χ2n) is 6.91. The van der Waals surface area contributed by atoms with Crippen LogP contribution in [0.4, 0.5) is 0 Å². The van der Waals surface area contributed by atoms with Gasteiger partial charge in [-0.05, 0) is 43.4 Å². The summed E-state index contributed by atoms with van der Waals surface area (Å²) in [6, 6.07) is 8.28. The molecule has 0 spiro atoms. The molecule has 2 heteroatoms. The number of rotatable bonds is 4. The minimum absolute atomic E-state index is 0.220. The van der Waals surface area contributed by atoms with Gasteiger partial charge in [0.05, 0.1) is 7.11 Å². The lowest BCUT2D eigenvalue weighted by Crippen LogP contribution is -2.41. The smallest absolute Gasteiger partial charge is 0.118 e. The van der Waals surface area contributed by atoms with E-state index in [9.17, 15) is 0 Å². The van der Waals surface area contributed by atoms with Crippen LogP contribution in [-0.4, -0.2) is 12.6 Å². The molecule has 0 bridgehead atoms. The summed E-state index contributed by atoms with van der Waals surface area (Å²) in [5, 5.41) is 0. The molecule has 0 saturated heterocycles. The van der Waals surface area contributed by atoms with Gasteiger partial charge in [0.25, 0.3) is 0 Å². The van der Waals surface area contributed by atoms with Crippen LogP contribution < -0.4 is 10.5 Å². The summed E-state index contributed by atoms with van der Waals surface area (Å²) >= 11 is 0. The van der Waals surface area contributed by atoms with E-state index < -0.39 is 0 Å². The predicted molar refractivity (Wildman–Crippen MR) is 78.1 cm³/mol. The third-order valence-electron chi connectivity index (χ3n) is 3.23. The molecule has 2 nitrogen and oxygen atoms in total. The highest BCUT2D eigenvalue weighted by atomic mass is 16.5. The van der Waals surface area contributed by atoms with Crippen LogP contribution in [0.1, 0.15) is 52.5 Å². The largest absolute Gasteiger partial charge is 0.497 e. The van der Waals surface area contributed by atoms with Gasteiger partial charge in [-0.3, -0.25) is 0 Å². The van der Waals surface area contributed by atoms with Crippen molar-refractivity contribution in [2.45, 2.75) is 52.5 Å². The summed E-state index contributed by atoms with van der Waals surface area (Å²) in [6.07, 6.45) is 1.07.